The van der Waals surface area contributed by atoms with Crippen LogP contribution in [0.15, 0.2) is 24.5 Å². The van der Waals surface area contributed by atoms with Gasteiger partial charge < -0.3 is 24.7 Å². The number of halogens is 4. The molecule has 3 heterocycles. The number of hydrogen-bond acceptors (Lipinski definition) is 6. The van der Waals surface area contributed by atoms with Crippen molar-refractivity contribution in [2.45, 2.75) is 6.61 Å². The van der Waals surface area contributed by atoms with Crippen molar-refractivity contribution < 1.29 is 32.5 Å². The van der Waals surface area contributed by atoms with E-state index in [0.717, 1.165) is 23.9 Å². The zero-order valence-electron chi connectivity index (χ0n) is 15.1. The molecule has 1 spiro atoms. The highest BCUT2D eigenvalue weighted by atomic mass is 35.5. The molecule has 12 heteroatoms. The van der Waals surface area contributed by atoms with Gasteiger partial charge >= 0.3 is 6.61 Å². The van der Waals surface area contributed by atoms with E-state index < -0.39 is 12.5 Å². The first-order chi connectivity index (χ1) is 14.3. The van der Waals surface area contributed by atoms with Gasteiger partial charge in [0.05, 0.1) is 29.9 Å². The molecule has 2 aliphatic heterocycles. The Morgan fingerprint density at radius 1 is 1.20 bits per heavy atom. The van der Waals surface area contributed by atoms with Gasteiger partial charge in [0.15, 0.2) is 11.5 Å². The van der Waals surface area contributed by atoms with Gasteiger partial charge in [-0.05, 0) is 12.1 Å². The highest BCUT2D eigenvalue weighted by Crippen LogP contribution is 2.48. The lowest BCUT2D eigenvalue weighted by Crippen LogP contribution is -2.45. The van der Waals surface area contributed by atoms with Crippen LogP contribution < -0.4 is 24.3 Å². The number of ether oxygens (including phenoxy) is 3. The maximum absolute atomic E-state index is 12.9. The number of anilines is 1. The van der Waals surface area contributed by atoms with E-state index in [1.165, 1.54) is 12.1 Å². The maximum atomic E-state index is 12.9. The topological polar surface area (TPSA) is 83.7 Å². The second-order valence-corrected chi connectivity index (χ2v) is 8.66. The smallest absolute Gasteiger partial charge is 0.387 e. The minimum absolute atomic E-state index is 0.0125. The van der Waals surface area contributed by atoms with E-state index >= 15 is 0 Å². The van der Waals surface area contributed by atoms with Crippen LogP contribution in [-0.2, 0) is 0 Å². The summed E-state index contributed by atoms with van der Waals surface area (Å²) >= 11 is 13.7. The molecule has 1 saturated heterocycles. The number of carbonyl (C=O) groups is 1. The van der Waals surface area contributed by atoms with E-state index in [1.807, 2.05) is 0 Å². The molecule has 2 aromatic rings. The lowest BCUT2D eigenvalue weighted by atomic mass is 9.94. The zero-order chi connectivity index (χ0) is 21.5. The Kier molecular flexibility index (Phi) is 5.73. The van der Waals surface area contributed by atoms with Crippen molar-refractivity contribution >= 4 is 46.6 Å². The highest BCUT2D eigenvalue weighted by molar-refractivity contribution is 8.00. The highest BCUT2D eigenvalue weighted by Gasteiger charge is 2.43. The largest absolute Gasteiger partial charge is 0.619 e. The van der Waals surface area contributed by atoms with Gasteiger partial charge in [-0.25, -0.2) is 0 Å². The van der Waals surface area contributed by atoms with Gasteiger partial charge in [-0.15, -0.1) is 0 Å². The maximum Gasteiger partial charge on any atom is 0.387 e. The molecule has 1 fully saturated rings. The number of nitrogens with one attached hydrogen (secondary N) is 1. The third-order valence-corrected chi connectivity index (χ3v) is 6.80. The number of rotatable bonds is 4. The number of fused-ring (bicyclic) bond motifs is 1. The average molecular weight is 479 g/mol. The van der Waals surface area contributed by atoms with E-state index in [9.17, 15) is 18.8 Å². The van der Waals surface area contributed by atoms with E-state index in [4.69, 9.17) is 32.7 Å². The Morgan fingerprint density at radius 3 is 2.40 bits per heavy atom. The fraction of sp³-hybridized carbons (Fsp3) is 0.333. The fourth-order valence-electron chi connectivity index (χ4n) is 3.05. The SMILES string of the molecule is O=C(Nc1c(Cl)c[n+]([O-])cc1Cl)c1ccc(OC(F)F)c2c1OCC1(CO2)CSC1. The Hall–Kier alpha value is -2.17. The molecule has 0 saturated carbocycles. The van der Waals surface area contributed by atoms with Crippen LogP contribution in [0.1, 0.15) is 10.4 Å². The van der Waals surface area contributed by atoms with Crippen LogP contribution in [0.25, 0.3) is 0 Å². The summed E-state index contributed by atoms with van der Waals surface area (Å²) < 4.78 is 42.2. The molecule has 1 amide bonds. The molecule has 7 nitrogen and oxygen atoms in total. The lowest BCUT2D eigenvalue weighted by Gasteiger charge is -2.38. The fourth-order valence-corrected chi connectivity index (χ4v) is 4.70. The Morgan fingerprint density at radius 2 is 1.83 bits per heavy atom. The summed E-state index contributed by atoms with van der Waals surface area (Å²) in [7, 11) is 0. The predicted molar refractivity (Wildman–Crippen MR) is 107 cm³/mol. The molecule has 1 N–H and O–H groups in total. The van der Waals surface area contributed by atoms with E-state index in [-0.39, 0.29) is 57.2 Å². The quantitative estimate of drug-likeness (QED) is 0.528. The summed E-state index contributed by atoms with van der Waals surface area (Å²) in [6.45, 7) is -2.57. The molecule has 0 aliphatic carbocycles. The standard InChI is InChI=1S/C18H14Cl2F2N2O5S/c19-10-3-24(26)4-11(20)13(10)23-16(25)9-1-2-12(29-17(21)22)15-14(9)27-5-18(6-28-15)7-30-8-18/h1-4,17H,5-8H2,(H,23,25). The molecule has 160 valence electrons. The number of aromatic nitrogens is 1. The first-order valence-corrected chi connectivity index (χ1v) is 10.5. The van der Waals surface area contributed by atoms with Crippen LogP contribution in [0.5, 0.6) is 17.2 Å². The van der Waals surface area contributed by atoms with E-state index in [0.29, 0.717) is 4.73 Å². The molecule has 30 heavy (non-hydrogen) atoms. The molecule has 1 aromatic carbocycles. The number of pyridine rings is 1. The lowest BCUT2D eigenvalue weighted by molar-refractivity contribution is -0.605. The van der Waals surface area contributed by atoms with Crippen molar-refractivity contribution in [1.82, 2.24) is 0 Å². The van der Waals surface area contributed by atoms with Gasteiger partial charge in [-0.2, -0.15) is 25.3 Å². The summed E-state index contributed by atoms with van der Waals surface area (Å²) in [6, 6.07) is 2.48. The minimum atomic E-state index is -3.07. The molecular formula is C18H14Cl2F2N2O5S. The molecule has 0 bridgehead atoms. The van der Waals surface area contributed by atoms with Crippen LogP contribution in [0, 0.1) is 10.6 Å². The van der Waals surface area contributed by atoms with Crippen LogP contribution in [0.4, 0.5) is 14.5 Å². The van der Waals surface area contributed by atoms with Crippen LogP contribution >= 0.6 is 35.0 Å². The van der Waals surface area contributed by atoms with E-state index in [1.54, 1.807) is 11.8 Å². The van der Waals surface area contributed by atoms with Gasteiger partial charge in [-0.1, -0.05) is 23.2 Å². The van der Waals surface area contributed by atoms with Gasteiger partial charge in [-0.3, -0.25) is 4.79 Å². The molecular weight excluding hydrogens is 465 g/mol. The summed E-state index contributed by atoms with van der Waals surface area (Å²) in [5, 5.41) is 13.8. The Balaban J connectivity index is 1.69. The molecule has 1 aromatic heterocycles. The predicted octanol–water partition coefficient (Wildman–Crippen LogP) is 3.98. The summed E-state index contributed by atoms with van der Waals surface area (Å²) in [6.07, 6.45) is 2.06. The number of benzene rings is 1. The monoisotopic (exact) mass is 478 g/mol. The number of nitrogens with zero attached hydrogens (tertiary/aromatic N) is 1. The Bertz CT molecular complexity index is 984. The normalized spacial score (nSPS) is 16.7. The minimum Gasteiger partial charge on any atom is -0.619 e. The molecule has 2 aliphatic rings. The summed E-state index contributed by atoms with van der Waals surface area (Å²) in [5.41, 5.74) is -0.215. The summed E-state index contributed by atoms with van der Waals surface area (Å²) in [4.78, 5) is 12.9. The molecule has 0 unspecified atom stereocenters. The van der Waals surface area contributed by atoms with Crippen LogP contribution in [-0.4, -0.2) is 37.2 Å². The van der Waals surface area contributed by atoms with Crippen molar-refractivity contribution in [2.75, 3.05) is 30.0 Å². The third kappa shape index (κ3) is 4.03. The van der Waals surface area contributed by atoms with Crippen molar-refractivity contribution in [2.24, 2.45) is 5.41 Å². The van der Waals surface area contributed by atoms with Crippen molar-refractivity contribution in [3.8, 4) is 17.2 Å². The van der Waals surface area contributed by atoms with Crippen LogP contribution in [0.3, 0.4) is 0 Å². The van der Waals surface area contributed by atoms with Gasteiger partial charge in [0, 0.05) is 11.5 Å². The number of alkyl halides is 2. The van der Waals surface area contributed by atoms with Gasteiger partial charge in [0.2, 0.25) is 18.1 Å². The first-order valence-electron chi connectivity index (χ1n) is 8.62. The second kappa shape index (κ2) is 8.16. The first kappa shape index (κ1) is 21.1. The molecule has 0 radical (unpaired) electrons. The second-order valence-electron chi connectivity index (χ2n) is 6.86. The zero-order valence-corrected chi connectivity index (χ0v) is 17.5. The average Bonchev–Trinajstić information content (AvgIpc) is 2.85. The van der Waals surface area contributed by atoms with Crippen molar-refractivity contribution in [3.63, 3.8) is 0 Å². The number of hydrogen-bond donors (Lipinski definition) is 1. The van der Waals surface area contributed by atoms with Crippen molar-refractivity contribution in [1.29, 1.82) is 0 Å². The number of carbonyl (C=O) groups excluding carboxylic acids is 1. The Labute approximate surface area is 183 Å². The van der Waals surface area contributed by atoms with Crippen molar-refractivity contribution in [3.05, 3.63) is 45.3 Å². The molecule has 0 atom stereocenters. The molecule has 4 rings (SSSR count). The van der Waals surface area contributed by atoms with Gasteiger partial charge in [0.25, 0.3) is 5.91 Å². The summed E-state index contributed by atoms with van der Waals surface area (Å²) in [5.74, 6) is 0.588. The number of thioether (sulfide) groups is 1. The van der Waals surface area contributed by atoms with Crippen LogP contribution in [0.2, 0.25) is 10.0 Å². The number of amides is 1. The van der Waals surface area contributed by atoms with Gasteiger partial charge in [0.1, 0.15) is 10.0 Å². The third-order valence-electron chi connectivity index (χ3n) is 4.60. The van der Waals surface area contributed by atoms with E-state index in [2.05, 4.69) is 10.1 Å².